The van der Waals surface area contributed by atoms with Crippen LogP contribution in [0.5, 0.6) is 5.75 Å². The minimum Gasteiger partial charge on any atom is -0.495 e. The first-order valence-electron chi connectivity index (χ1n) is 11.0. The summed E-state index contributed by atoms with van der Waals surface area (Å²) in [4.78, 5) is 15.0. The number of hydrogen-bond donors (Lipinski definition) is 1. The molecular weight excluding hydrogens is 426 g/mol. The highest BCUT2D eigenvalue weighted by Gasteiger charge is 2.29. The molecule has 0 aromatic heterocycles. The molecule has 2 aromatic rings. The predicted octanol–water partition coefficient (Wildman–Crippen LogP) is 3.62. The van der Waals surface area contributed by atoms with Crippen LogP contribution in [0, 0.1) is 0 Å². The van der Waals surface area contributed by atoms with E-state index in [-0.39, 0.29) is 22.1 Å². The number of sulfonamides is 1. The van der Waals surface area contributed by atoms with Crippen molar-refractivity contribution in [3.63, 3.8) is 0 Å². The van der Waals surface area contributed by atoms with E-state index in [1.54, 1.807) is 12.1 Å². The number of methoxy groups -OCH3 is 1. The van der Waals surface area contributed by atoms with Gasteiger partial charge in [-0.2, -0.15) is 4.31 Å². The fourth-order valence-corrected chi connectivity index (χ4v) is 5.45. The number of rotatable bonds is 8. The molecule has 1 aliphatic rings. The van der Waals surface area contributed by atoms with Gasteiger partial charge in [0.1, 0.15) is 10.6 Å². The molecule has 1 aliphatic heterocycles. The first-order chi connectivity index (χ1) is 15.3. The maximum Gasteiger partial charge on any atom is 0.255 e. The molecule has 0 bridgehead atoms. The van der Waals surface area contributed by atoms with Gasteiger partial charge in [-0.3, -0.25) is 4.79 Å². The van der Waals surface area contributed by atoms with Crippen LogP contribution in [-0.2, 0) is 16.4 Å². The first-order valence-corrected chi connectivity index (χ1v) is 12.5. The van der Waals surface area contributed by atoms with Gasteiger partial charge >= 0.3 is 0 Å². The number of anilines is 1. The van der Waals surface area contributed by atoms with Crippen LogP contribution in [-0.4, -0.2) is 64.4 Å². The van der Waals surface area contributed by atoms with Gasteiger partial charge in [-0.05, 0) is 69.3 Å². The third kappa shape index (κ3) is 6.09. The molecule has 174 valence electrons. The maximum atomic E-state index is 13.3. The molecule has 8 heteroatoms. The Labute approximate surface area is 191 Å². The predicted molar refractivity (Wildman–Crippen MR) is 127 cm³/mol. The molecule has 0 saturated carbocycles. The van der Waals surface area contributed by atoms with Gasteiger partial charge in [-0.15, -0.1) is 0 Å². The third-order valence-corrected chi connectivity index (χ3v) is 7.59. The quantitative estimate of drug-likeness (QED) is 0.652. The standard InChI is InChI=1S/C24H33N3O4S/c1-26(2)17-14-19-8-11-21(12-9-19)25-24(28)20-10-13-22(31-3)23(18-20)32(29,30)27-15-6-4-5-7-16-27/h8-13,18H,4-7,14-17H2,1-3H3,(H,25,28). The number of ether oxygens (including phenoxy) is 1. The summed E-state index contributed by atoms with van der Waals surface area (Å²) in [5, 5.41) is 2.86. The molecule has 1 amide bonds. The number of hydrogen-bond acceptors (Lipinski definition) is 5. The Kier molecular flexibility index (Phi) is 8.28. The van der Waals surface area contributed by atoms with Crippen molar-refractivity contribution < 1.29 is 17.9 Å². The molecule has 1 fully saturated rings. The molecule has 0 spiro atoms. The van der Waals surface area contributed by atoms with Crippen molar-refractivity contribution >= 4 is 21.6 Å². The SMILES string of the molecule is COc1ccc(C(=O)Nc2ccc(CCN(C)C)cc2)cc1S(=O)(=O)N1CCCCCC1. The summed E-state index contributed by atoms with van der Waals surface area (Å²) in [7, 11) is 1.75. The lowest BCUT2D eigenvalue weighted by Gasteiger charge is -2.21. The van der Waals surface area contributed by atoms with Gasteiger partial charge in [0, 0.05) is 30.9 Å². The van der Waals surface area contributed by atoms with E-state index in [1.165, 1.54) is 23.0 Å². The van der Waals surface area contributed by atoms with Crippen molar-refractivity contribution in [2.75, 3.05) is 46.2 Å². The fraction of sp³-hybridized carbons (Fsp3) is 0.458. The number of nitrogens with zero attached hydrogens (tertiary/aromatic N) is 2. The molecular formula is C24H33N3O4S. The van der Waals surface area contributed by atoms with Gasteiger partial charge in [0.05, 0.1) is 7.11 Å². The van der Waals surface area contributed by atoms with Crippen LogP contribution in [0.4, 0.5) is 5.69 Å². The van der Waals surface area contributed by atoms with Crippen molar-refractivity contribution in [3.8, 4) is 5.75 Å². The van der Waals surface area contributed by atoms with Crippen molar-refractivity contribution in [3.05, 3.63) is 53.6 Å². The highest BCUT2D eigenvalue weighted by atomic mass is 32.2. The second kappa shape index (κ2) is 10.9. The van der Waals surface area contributed by atoms with Gasteiger partial charge in [0.25, 0.3) is 5.91 Å². The number of likely N-dealkylation sites (N-methyl/N-ethyl adjacent to an activating group) is 1. The lowest BCUT2D eigenvalue weighted by Crippen LogP contribution is -2.32. The van der Waals surface area contributed by atoms with Gasteiger partial charge in [-0.1, -0.05) is 25.0 Å². The Morgan fingerprint density at radius 2 is 1.69 bits per heavy atom. The first kappa shape index (κ1) is 24.2. The van der Waals surface area contributed by atoms with E-state index in [4.69, 9.17) is 4.74 Å². The molecule has 0 aliphatic carbocycles. The second-order valence-corrected chi connectivity index (χ2v) is 10.3. The minimum absolute atomic E-state index is 0.0357. The smallest absolute Gasteiger partial charge is 0.255 e. The van der Waals surface area contributed by atoms with Crippen LogP contribution in [0.15, 0.2) is 47.4 Å². The summed E-state index contributed by atoms with van der Waals surface area (Å²) >= 11 is 0. The molecule has 2 aromatic carbocycles. The van der Waals surface area contributed by atoms with Crippen LogP contribution >= 0.6 is 0 Å². The van der Waals surface area contributed by atoms with Crippen LogP contribution in [0.1, 0.15) is 41.6 Å². The van der Waals surface area contributed by atoms with Crippen LogP contribution < -0.4 is 10.1 Å². The number of amides is 1. The van der Waals surface area contributed by atoms with Gasteiger partial charge in [-0.25, -0.2) is 8.42 Å². The fourth-order valence-electron chi connectivity index (χ4n) is 3.75. The largest absolute Gasteiger partial charge is 0.495 e. The van der Waals surface area contributed by atoms with E-state index in [1.807, 2.05) is 38.4 Å². The molecule has 3 rings (SSSR count). The van der Waals surface area contributed by atoms with Crippen LogP contribution in [0.2, 0.25) is 0 Å². The monoisotopic (exact) mass is 459 g/mol. The van der Waals surface area contributed by atoms with Crippen LogP contribution in [0.25, 0.3) is 0 Å². The molecule has 1 saturated heterocycles. The zero-order valence-corrected chi connectivity index (χ0v) is 20.0. The average Bonchev–Trinajstić information content (AvgIpc) is 3.08. The van der Waals surface area contributed by atoms with E-state index in [2.05, 4.69) is 10.2 Å². The van der Waals surface area contributed by atoms with Crippen molar-refractivity contribution in [2.45, 2.75) is 37.0 Å². The molecule has 1 heterocycles. The Balaban J connectivity index is 1.79. The Morgan fingerprint density at radius 1 is 1.03 bits per heavy atom. The van der Waals surface area contributed by atoms with Crippen molar-refractivity contribution in [1.29, 1.82) is 0 Å². The van der Waals surface area contributed by atoms with E-state index < -0.39 is 10.0 Å². The van der Waals surface area contributed by atoms with E-state index >= 15 is 0 Å². The second-order valence-electron chi connectivity index (χ2n) is 8.39. The highest BCUT2D eigenvalue weighted by molar-refractivity contribution is 7.89. The normalized spacial score (nSPS) is 15.4. The topological polar surface area (TPSA) is 79.0 Å². The molecule has 0 atom stereocenters. The minimum atomic E-state index is -3.75. The lowest BCUT2D eigenvalue weighted by atomic mass is 10.1. The molecule has 0 unspecified atom stereocenters. The Morgan fingerprint density at radius 3 is 2.28 bits per heavy atom. The van der Waals surface area contributed by atoms with E-state index in [0.717, 1.165) is 38.6 Å². The summed E-state index contributed by atoms with van der Waals surface area (Å²) in [6.07, 6.45) is 4.66. The summed E-state index contributed by atoms with van der Waals surface area (Å²) in [5.41, 5.74) is 2.12. The molecule has 0 radical (unpaired) electrons. The van der Waals surface area contributed by atoms with Gasteiger partial charge < -0.3 is 15.0 Å². The zero-order valence-electron chi connectivity index (χ0n) is 19.1. The average molecular weight is 460 g/mol. The molecule has 1 N–H and O–H groups in total. The van der Waals surface area contributed by atoms with E-state index in [9.17, 15) is 13.2 Å². The van der Waals surface area contributed by atoms with Gasteiger partial charge in [0.15, 0.2) is 0 Å². The number of nitrogens with one attached hydrogen (secondary N) is 1. The summed E-state index contributed by atoms with van der Waals surface area (Å²) in [5.74, 6) is -0.114. The lowest BCUT2D eigenvalue weighted by molar-refractivity contribution is 0.102. The number of carbonyl (C=O) groups excluding carboxylic acids is 1. The zero-order chi connectivity index (χ0) is 23.1. The third-order valence-electron chi connectivity index (χ3n) is 5.67. The summed E-state index contributed by atoms with van der Waals surface area (Å²) < 4.78 is 33.4. The number of benzene rings is 2. The Bertz CT molecular complexity index is 1010. The summed E-state index contributed by atoms with van der Waals surface area (Å²) in [6.45, 7) is 1.93. The molecule has 32 heavy (non-hydrogen) atoms. The molecule has 7 nitrogen and oxygen atoms in total. The highest BCUT2D eigenvalue weighted by Crippen LogP contribution is 2.29. The van der Waals surface area contributed by atoms with Crippen LogP contribution in [0.3, 0.4) is 0 Å². The van der Waals surface area contributed by atoms with Crippen molar-refractivity contribution in [1.82, 2.24) is 9.21 Å². The summed E-state index contributed by atoms with van der Waals surface area (Å²) in [6, 6.07) is 12.2. The van der Waals surface area contributed by atoms with Gasteiger partial charge in [0.2, 0.25) is 10.0 Å². The van der Waals surface area contributed by atoms with Crippen molar-refractivity contribution in [2.24, 2.45) is 0 Å². The number of carbonyl (C=O) groups is 1. The van der Waals surface area contributed by atoms with E-state index in [0.29, 0.717) is 18.8 Å². The maximum absolute atomic E-state index is 13.3. The Hall–Kier alpha value is -2.42.